The Morgan fingerprint density at radius 2 is 2.19 bits per heavy atom. The summed E-state index contributed by atoms with van der Waals surface area (Å²) in [6, 6.07) is 5.24. The Balaban J connectivity index is 1.97. The van der Waals surface area contributed by atoms with Gasteiger partial charge < -0.3 is 15.0 Å². The number of anilines is 1. The average Bonchev–Trinajstić information content (AvgIpc) is 2.47. The summed E-state index contributed by atoms with van der Waals surface area (Å²) in [7, 11) is 1.71. The lowest BCUT2D eigenvalue weighted by Crippen LogP contribution is -2.09. The van der Waals surface area contributed by atoms with Crippen LogP contribution in [0.2, 0.25) is 0 Å². The number of hydrogen-bond acceptors (Lipinski definition) is 5. The van der Waals surface area contributed by atoms with E-state index in [-0.39, 0.29) is 5.56 Å². The van der Waals surface area contributed by atoms with Gasteiger partial charge in [0.1, 0.15) is 11.6 Å². The molecular formula is C15H20N4O2. The predicted molar refractivity (Wildman–Crippen MR) is 82.4 cm³/mol. The molecule has 2 aromatic rings. The summed E-state index contributed by atoms with van der Waals surface area (Å²) in [5, 5.41) is 3.25. The number of rotatable bonds is 7. The Bertz CT molecular complexity index is 622. The van der Waals surface area contributed by atoms with E-state index < -0.39 is 0 Å². The van der Waals surface area contributed by atoms with Gasteiger partial charge >= 0.3 is 0 Å². The summed E-state index contributed by atoms with van der Waals surface area (Å²) in [4.78, 5) is 22.8. The SMILES string of the molecule is COCCCCNc1ccc(-c2nc(C)cc(=O)[nH]2)cn1. The molecule has 2 N–H and O–H groups in total. The molecule has 6 heteroatoms. The van der Waals surface area contributed by atoms with Crippen molar-refractivity contribution in [2.75, 3.05) is 25.6 Å². The molecule has 112 valence electrons. The third kappa shape index (κ3) is 4.68. The van der Waals surface area contributed by atoms with E-state index in [9.17, 15) is 4.79 Å². The van der Waals surface area contributed by atoms with Gasteiger partial charge in [-0.1, -0.05) is 0 Å². The zero-order valence-electron chi connectivity index (χ0n) is 12.3. The smallest absolute Gasteiger partial charge is 0.251 e. The number of hydrogen-bond donors (Lipinski definition) is 2. The minimum absolute atomic E-state index is 0.155. The van der Waals surface area contributed by atoms with Crippen molar-refractivity contribution < 1.29 is 4.74 Å². The molecule has 0 bridgehead atoms. The van der Waals surface area contributed by atoms with Crippen LogP contribution in [-0.4, -0.2) is 35.2 Å². The third-order valence-corrected chi connectivity index (χ3v) is 2.99. The molecule has 2 heterocycles. The first-order valence-corrected chi connectivity index (χ1v) is 6.96. The lowest BCUT2D eigenvalue weighted by Gasteiger charge is -2.06. The van der Waals surface area contributed by atoms with E-state index in [0.29, 0.717) is 11.5 Å². The van der Waals surface area contributed by atoms with E-state index in [1.807, 2.05) is 12.1 Å². The molecule has 0 aliphatic carbocycles. The van der Waals surface area contributed by atoms with Crippen molar-refractivity contribution in [3.63, 3.8) is 0 Å². The van der Waals surface area contributed by atoms with Crippen LogP contribution in [0, 0.1) is 6.92 Å². The molecule has 0 aliphatic heterocycles. The van der Waals surface area contributed by atoms with Crippen LogP contribution < -0.4 is 10.9 Å². The molecule has 0 aromatic carbocycles. The number of aromatic nitrogens is 3. The molecule has 0 unspecified atom stereocenters. The fraction of sp³-hybridized carbons (Fsp3) is 0.400. The summed E-state index contributed by atoms with van der Waals surface area (Å²) in [5.41, 5.74) is 1.33. The average molecular weight is 288 g/mol. The second-order valence-electron chi connectivity index (χ2n) is 4.79. The number of methoxy groups -OCH3 is 1. The lowest BCUT2D eigenvalue weighted by atomic mass is 10.2. The molecule has 0 fully saturated rings. The van der Waals surface area contributed by atoms with E-state index in [4.69, 9.17) is 4.74 Å². The summed E-state index contributed by atoms with van der Waals surface area (Å²) >= 11 is 0. The van der Waals surface area contributed by atoms with Crippen molar-refractivity contribution in [3.8, 4) is 11.4 Å². The van der Waals surface area contributed by atoms with E-state index >= 15 is 0 Å². The van der Waals surface area contributed by atoms with Crippen LogP contribution in [0.3, 0.4) is 0 Å². The fourth-order valence-corrected chi connectivity index (χ4v) is 1.94. The lowest BCUT2D eigenvalue weighted by molar-refractivity contribution is 0.194. The maximum Gasteiger partial charge on any atom is 0.251 e. The Morgan fingerprint density at radius 1 is 1.33 bits per heavy atom. The van der Waals surface area contributed by atoms with Gasteiger partial charge in [0.05, 0.1) is 0 Å². The van der Waals surface area contributed by atoms with Crippen LogP contribution in [0.4, 0.5) is 5.82 Å². The summed E-state index contributed by atoms with van der Waals surface area (Å²) in [5.74, 6) is 1.35. The standard InChI is InChI=1S/C15H20N4O2/c1-11-9-14(20)19-15(18-11)12-5-6-13(17-10-12)16-7-3-4-8-21-2/h5-6,9-10H,3-4,7-8H2,1-2H3,(H,16,17)(H,18,19,20). The molecule has 0 atom stereocenters. The molecule has 21 heavy (non-hydrogen) atoms. The Hall–Kier alpha value is -2.21. The molecule has 0 saturated carbocycles. The van der Waals surface area contributed by atoms with E-state index in [1.54, 1.807) is 20.2 Å². The minimum atomic E-state index is -0.155. The van der Waals surface area contributed by atoms with Crippen molar-refractivity contribution in [2.45, 2.75) is 19.8 Å². The Morgan fingerprint density at radius 3 is 2.86 bits per heavy atom. The van der Waals surface area contributed by atoms with Gasteiger partial charge in [-0.15, -0.1) is 0 Å². The van der Waals surface area contributed by atoms with Gasteiger partial charge in [-0.25, -0.2) is 9.97 Å². The molecule has 0 amide bonds. The van der Waals surface area contributed by atoms with Gasteiger partial charge in [0.25, 0.3) is 5.56 Å². The number of unbranched alkanes of at least 4 members (excludes halogenated alkanes) is 1. The fourth-order valence-electron chi connectivity index (χ4n) is 1.94. The summed E-state index contributed by atoms with van der Waals surface area (Å²) < 4.78 is 5.00. The quantitative estimate of drug-likeness (QED) is 0.761. The molecule has 0 saturated heterocycles. The highest BCUT2D eigenvalue weighted by atomic mass is 16.5. The van der Waals surface area contributed by atoms with Gasteiger partial charge in [-0.2, -0.15) is 0 Å². The Kier molecular flexibility index (Phi) is 5.45. The number of ether oxygens (including phenoxy) is 1. The van der Waals surface area contributed by atoms with Crippen LogP contribution in [0.1, 0.15) is 18.5 Å². The highest BCUT2D eigenvalue weighted by Crippen LogP contribution is 2.14. The summed E-state index contributed by atoms with van der Waals surface area (Å²) in [6.45, 7) is 3.43. The first-order valence-electron chi connectivity index (χ1n) is 6.96. The van der Waals surface area contributed by atoms with Crippen LogP contribution in [0.15, 0.2) is 29.2 Å². The molecule has 0 aliphatic rings. The first kappa shape index (κ1) is 15.2. The number of nitrogens with zero attached hydrogens (tertiary/aromatic N) is 2. The maximum absolute atomic E-state index is 11.4. The van der Waals surface area contributed by atoms with Crippen molar-refractivity contribution in [1.29, 1.82) is 0 Å². The van der Waals surface area contributed by atoms with Gasteiger partial charge in [0, 0.05) is 43.8 Å². The normalized spacial score (nSPS) is 10.6. The zero-order chi connectivity index (χ0) is 15.1. The van der Waals surface area contributed by atoms with E-state index in [1.165, 1.54) is 6.07 Å². The number of aryl methyl sites for hydroxylation is 1. The topological polar surface area (TPSA) is 79.9 Å². The second-order valence-corrected chi connectivity index (χ2v) is 4.79. The zero-order valence-corrected chi connectivity index (χ0v) is 12.3. The molecule has 6 nitrogen and oxygen atoms in total. The summed E-state index contributed by atoms with van der Waals surface area (Å²) in [6.07, 6.45) is 3.76. The van der Waals surface area contributed by atoms with Gasteiger partial charge in [0.2, 0.25) is 0 Å². The van der Waals surface area contributed by atoms with E-state index in [2.05, 4.69) is 20.3 Å². The third-order valence-electron chi connectivity index (χ3n) is 2.99. The largest absolute Gasteiger partial charge is 0.385 e. The molecule has 2 aromatic heterocycles. The Labute approximate surface area is 123 Å². The van der Waals surface area contributed by atoms with Crippen LogP contribution >= 0.6 is 0 Å². The minimum Gasteiger partial charge on any atom is -0.385 e. The van der Waals surface area contributed by atoms with Crippen molar-refractivity contribution in [2.24, 2.45) is 0 Å². The van der Waals surface area contributed by atoms with Crippen molar-refractivity contribution >= 4 is 5.82 Å². The number of H-pyrrole nitrogens is 1. The number of aromatic amines is 1. The predicted octanol–water partition coefficient (Wildman–Crippen LogP) is 1.98. The van der Waals surface area contributed by atoms with Crippen LogP contribution in [0.25, 0.3) is 11.4 Å². The van der Waals surface area contributed by atoms with E-state index in [0.717, 1.165) is 37.4 Å². The number of pyridine rings is 1. The maximum atomic E-state index is 11.4. The molecule has 0 spiro atoms. The monoisotopic (exact) mass is 288 g/mol. The van der Waals surface area contributed by atoms with Crippen molar-refractivity contribution in [3.05, 3.63) is 40.4 Å². The highest BCUT2D eigenvalue weighted by Gasteiger charge is 2.03. The number of nitrogens with one attached hydrogen (secondary N) is 2. The van der Waals surface area contributed by atoms with Crippen LogP contribution in [-0.2, 0) is 4.74 Å². The highest BCUT2D eigenvalue weighted by molar-refractivity contribution is 5.55. The molecule has 0 radical (unpaired) electrons. The first-order chi connectivity index (χ1) is 10.2. The second kappa shape index (κ2) is 7.54. The van der Waals surface area contributed by atoms with Gasteiger partial charge in [0.15, 0.2) is 0 Å². The van der Waals surface area contributed by atoms with Crippen molar-refractivity contribution in [1.82, 2.24) is 15.0 Å². The molecule has 2 rings (SSSR count). The van der Waals surface area contributed by atoms with Gasteiger partial charge in [-0.05, 0) is 31.9 Å². The van der Waals surface area contributed by atoms with Crippen LogP contribution in [0.5, 0.6) is 0 Å². The van der Waals surface area contributed by atoms with Gasteiger partial charge in [-0.3, -0.25) is 4.79 Å². The molecular weight excluding hydrogens is 268 g/mol.